The third-order valence-corrected chi connectivity index (χ3v) is 7.34. The van der Waals surface area contributed by atoms with Crippen LogP contribution in [0, 0.1) is 23.2 Å². The van der Waals surface area contributed by atoms with E-state index in [0.717, 1.165) is 40.0 Å². The number of H-pyrrole nitrogens is 1. The Bertz CT molecular complexity index is 1240. The number of nitrogens with zero attached hydrogens (tertiary/aromatic N) is 2. The Morgan fingerprint density at radius 3 is 2.48 bits per heavy atom. The topological polar surface area (TPSA) is 69.1 Å². The molecule has 3 aliphatic rings. The van der Waals surface area contributed by atoms with E-state index in [9.17, 15) is 10.1 Å². The molecule has 6 rings (SSSR count). The largest absolute Gasteiger partial charge is 0.497 e. The molecule has 3 aromatic rings. The molecule has 0 amide bonds. The maximum absolute atomic E-state index is 13.2. The van der Waals surface area contributed by atoms with Gasteiger partial charge in [0.05, 0.1) is 25.1 Å². The summed E-state index contributed by atoms with van der Waals surface area (Å²) >= 11 is 0. The number of rotatable bonds is 5. The Morgan fingerprint density at radius 1 is 1.12 bits per heavy atom. The number of piperidine rings is 1. The van der Waals surface area contributed by atoms with Crippen LogP contribution in [0.3, 0.4) is 0 Å². The molecule has 0 saturated carbocycles. The SMILES string of the molecule is COc1ccc(CN2[C@@H]3c4c(c(-c5ccccc5)c[nH]c4=O)[C@@H](C[C@H]3C#N)[C@@H]2C(C)C)cc1. The first kappa shape index (κ1) is 21.5. The third kappa shape index (κ3) is 3.55. The Morgan fingerprint density at radius 2 is 1.85 bits per heavy atom. The number of pyridine rings is 1. The highest BCUT2D eigenvalue weighted by Gasteiger charge is 2.53. The van der Waals surface area contributed by atoms with Gasteiger partial charge in [0.25, 0.3) is 5.56 Å². The van der Waals surface area contributed by atoms with Crippen molar-refractivity contribution in [3.8, 4) is 22.9 Å². The molecular weight excluding hydrogens is 410 g/mol. The van der Waals surface area contributed by atoms with Crippen molar-refractivity contribution >= 4 is 0 Å². The lowest BCUT2D eigenvalue weighted by Crippen LogP contribution is -2.56. The van der Waals surface area contributed by atoms with Gasteiger partial charge in [0.2, 0.25) is 0 Å². The fourth-order valence-electron chi connectivity index (χ4n) is 6.07. The van der Waals surface area contributed by atoms with Gasteiger partial charge in [-0.2, -0.15) is 5.26 Å². The third-order valence-electron chi connectivity index (χ3n) is 7.34. The van der Waals surface area contributed by atoms with Gasteiger partial charge in [-0.25, -0.2) is 0 Å². The fourth-order valence-corrected chi connectivity index (χ4v) is 6.07. The predicted molar refractivity (Wildman–Crippen MR) is 129 cm³/mol. The lowest BCUT2D eigenvalue weighted by atomic mass is 9.62. The molecule has 0 radical (unpaired) electrons. The number of aromatic amines is 1. The van der Waals surface area contributed by atoms with Crippen LogP contribution < -0.4 is 10.3 Å². The van der Waals surface area contributed by atoms with Gasteiger partial charge in [-0.1, -0.05) is 56.3 Å². The maximum atomic E-state index is 13.2. The van der Waals surface area contributed by atoms with Gasteiger partial charge in [-0.3, -0.25) is 9.69 Å². The summed E-state index contributed by atoms with van der Waals surface area (Å²) in [6, 6.07) is 20.9. The Balaban J connectivity index is 1.67. The highest BCUT2D eigenvalue weighted by atomic mass is 16.5. The molecule has 5 nitrogen and oxygen atoms in total. The summed E-state index contributed by atoms with van der Waals surface area (Å²) in [7, 11) is 1.67. The Hall–Kier alpha value is -3.36. The number of hydrogen-bond acceptors (Lipinski definition) is 4. The smallest absolute Gasteiger partial charge is 0.253 e. The number of nitriles is 1. The highest BCUT2D eigenvalue weighted by molar-refractivity contribution is 5.70. The average Bonchev–Trinajstić information content (AvgIpc) is 2.85. The highest BCUT2D eigenvalue weighted by Crippen LogP contribution is 2.56. The molecule has 33 heavy (non-hydrogen) atoms. The van der Waals surface area contributed by atoms with E-state index in [1.165, 1.54) is 0 Å². The van der Waals surface area contributed by atoms with Crippen molar-refractivity contribution in [2.24, 2.45) is 11.8 Å². The van der Waals surface area contributed by atoms with Gasteiger partial charge in [0.1, 0.15) is 5.75 Å². The molecule has 2 aromatic carbocycles. The van der Waals surface area contributed by atoms with Crippen LogP contribution in [0.25, 0.3) is 11.1 Å². The molecule has 168 valence electrons. The van der Waals surface area contributed by atoms with Crippen molar-refractivity contribution in [2.45, 2.75) is 44.8 Å². The van der Waals surface area contributed by atoms with E-state index in [1.807, 2.05) is 36.5 Å². The molecule has 1 saturated heterocycles. The second-order valence-electron chi connectivity index (χ2n) is 9.50. The van der Waals surface area contributed by atoms with Crippen LogP contribution in [0.2, 0.25) is 0 Å². The minimum atomic E-state index is -0.225. The lowest BCUT2D eigenvalue weighted by Gasteiger charge is -2.55. The summed E-state index contributed by atoms with van der Waals surface area (Å²) < 4.78 is 5.32. The van der Waals surface area contributed by atoms with Crippen molar-refractivity contribution in [3.63, 3.8) is 0 Å². The zero-order valence-corrected chi connectivity index (χ0v) is 19.3. The van der Waals surface area contributed by atoms with E-state index in [2.05, 4.69) is 54.1 Å². The summed E-state index contributed by atoms with van der Waals surface area (Å²) in [5.74, 6) is 1.13. The molecule has 1 fully saturated rings. The van der Waals surface area contributed by atoms with Crippen molar-refractivity contribution in [1.29, 1.82) is 5.26 Å². The molecule has 0 unspecified atom stereocenters. The maximum Gasteiger partial charge on any atom is 0.253 e. The molecule has 5 heteroatoms. The van der Waals surface area contributed by atoms with Gasteiger partial charge in [-0.15, -0.1) is 0 Å². The van der Waals surface area contributed by atoms with Crippen molar-refractivity contribution < 1.29 is 4.74 Å². The normalized spacial score (nSPS) is 23.8. The molecular formula is C28H29N3O2. The molecule has 1 N–H and O–H groups in total. The molecule has 4 atom stereocenters. The number of ether oxygens (including phenoxy) is 1. The summed E-state index contributed by atoms with van der Waals surface area (Å²) in [5.41, 5.74) is 5.21. The summed E-state index contributed by atoms with van der Waals surface area (Å²) in [6.45, 7) is 5.20. The van der Waals surface area contributed by atoms with Crippen LogP contribution in [0.4, 0.5) is 0 Å². The minimum Gasteiger partial charge on any atom is -0.497 e. The summed E-state index contributed by atoms with van der Waals surface area (Å²) in [4.78, 5) is 18.7. The Labute approximate surface area is 194 Å². The number of hydrogen-bond donors (Lipinski definition) is 1. The van der Waals surface area contributed by atoms with Crippen LogP contribution in [0.1, 0.15) is 48.9 Å². The fraction of sp³-hybridized carbons (Fsp3) is 0.357. The van der Waals surface area contributed by atoms with Gasteiger partial charge < -0.3 is 9.72 Å². The second kappa shape index (κ2) is 8.53. The lowest BCUT2D eigenvalue weighted by molar-refractivity contribution is -0.00849. The van der Waals surface area contributed by atoms with Crippen LogP contribution in [0.5, 0.6) is 5.75 Å². The number of aromatic nitrogens is 1. The van der Waals surface area contributed by atoms with E-state index in [-0.39, 0.29) is 29.5 Å². The molecule has 1 aliphatic carbocycles. The zero-order valence-electron chi connectivity index (χ0n) is 19.3. The monoisotopic (exact) mass is 439 g/mol. The number of fused-ring (bicyclic) bond motifs is 2. The molecule has 1 aromatic heterocycles. The van der Waals surface area contributed by atoms with Crippen molar-refractivity contribution in [3.05, 3.63) is 87.8 Å². The summed E-state index contributed by atoms with van der Waals surface area (Å²) in [6.07, 6.45) is 2.66. The number of benzene rings is 2. The van der Waals surface area contributed by atoms with Crippen LogP contribution in [-0.4, -0.2) is 23.0 Å². The molecule has 0 spiro atoms. The van der Waals surface area contributed by atoms with Gasteiger partial charge in [0.15, 0.2) is 0 Å². The second-order valence-corrected chi connectivity index (χ2v) is 9.50. The number of methoxy groups -OCH3 is 1. The van der Waals surface area contributed by atoms with Crippen molar-refractivity contribution in [1.82, 2.24) is 9.88 Å². The van der Waals surface area contributed by atoms with E-state index in [4.69, 9.17) is 4.74 Å². The standard InChI is InChI=1S/C28H29N3O2/c1-17(2)26-22-13-20(14-29)27(31(26)16-18-9-11-21(33-3)12-10-18)25-24(22)23(15-30-28(25)32)19-7-5-4-6-8-19/h4-12,15,17,20,22,26-27H,13,16H2,1-3H3,(H,30,32)/t20-,22+,26-,27-/m0/s1. The van der Waals surface area contributed by atoms with Crippen LogP contribution >= 0.6 is 0 Å². The van der Waals surface area contributed by atoms with Gasteiger partial charge in [-0.05, 0) is 41.2 Å². The van der Waals surface area contributed by atoms with Gasteiger partial charge >= 0.3 is 0 Å². The molecule has 2 aliphatic heterocycles. The van der Waals surface area contributed by atoms with E-state index >= 15 is 0 Å². The zero-order chi connectivity index (χ0) is 23.1. The Kier molecular flexibility index (Phi) is 5.55. The first-order valence-corrected chi connectivity index (χ1v) is 11.6. The summed E-state index contributed by atoms with van der Waals surface area (Å²) in [5, 5.41) is 10.1. The molecule has 3 heterocycles. The van der Waals surface area contributed by atoms with E-state index in [1.54, 1.807) is 7.11 Å². The quantitative estimate of drug-likeness (QED) is 0.589. The van der Waals surface area contributed by atoms with Crippen molar-refractivity contribution in [2.75, 3.05) is 7.11 Å². The average molecular weight is 440 g/mol. The van der Waals surface area contributed by atoms with E-state index < -0.39 is 0 Å². The minimum absolute atomic E-state index is 0.0680. The molecule has 2 bridgehead atoms. The number of nitrogens with one attached hydrogen (secondary N) is 1. The van der Waals surface area contributed by atoms with Crippen LogP contribution in [0.15, 0.2) is 65.6 Å². The first-order chi connectivity index (χ1) is 16.0. The predicted octanol–water partition coefficient (Wildman–Crippen LogP) is 5.26. The first-order valence-electron chi connectivity index (χ1n) is 11.6. The van der Waals surface area contributed by atoms with E-state index in [0.29, 0.717) is 12.5 Å². The van der Waals surface area contributed by atoms with Gasteiger partial charge in [0, 0.05) is 35.8 Å². The van der Waals surface area contributed by atoms with Crippen LogP contribution in [-0.2, 0) is 6.54 Å².